The smallest absolute Gasteiger partial charge is 0.337 e. The number of carbonyl (C=O) groups is 3. The average molecular weight is 329 g/mol. The maximum atomic E-state index is 11.6. The molecule has 0 aliphatic carbocycles. The van der Waals surface area contributed by atoms with Crippen molar-refractivity contribution in [2.75, 3.05) is 11.9 Å². The Hall–Kier alpha value is -1.89. The number of rotatable bonds is 5. The highest BCUT2D eigenvalue weighted by Gasteiger charge is 2.12. The zero-order valence-corrected chi connectivity index (χ0v) is 11.8. The highest BCUT2D eigenvalue weighted by molar-refractivity contribution is 9.10. The van der Waals surface area contributed by atoms with Crippen LogP contribution >= 0.6 is 15.9 Å². The minimum absolute atomic E-state index is 0.00209. The first-order valence-electron chi connectivity index (χ1n) is 5.47. The van der Waals surface area contributed by atoms with Crippen molar-refractivity contribution in [1.82, 2.24) is 5.32 Å². The number of hydrogen-bond donors (Lipinski definition) is 3. The molecule has 1 rings (SSSR count). The van der Waals surface area contributed by atoms with Crippen LogP contribution in [0.25, 0.3) is 0 Å². The molecule has 102 valence electrons. The Balaban J connectivity index is 2.68. The Morgan fingerprint density at radius 2 is 2.00 bits per heavy atom. The second kappa shape index (κ2) is 6.89. The zero-order valence-electron chi connectivity index (χ0n) is 10.2. The summed E-state index contributed by atoms with van der Waals surface area (Å²) in [5.74, 6) is -1.71. The van der Waals surface area contributed by atoms with Gasteiger partial charge in [-0.15, -0.1) is 0 Å². The summed E-state index contributed by atoms with van der Waals surface area (Å²) in [4.78, 5) is 33.3. The molecule has 0 unspecified atom stereocenters. The molecule has 0 atom stereocenters. The van der Waals surface area contributed by atoms with Crippen LogP contribution < -0.4 is 10.6 Å². The van der Waals surface area contributed by atoms with Gasteiger partial charge >= 0.3 is 5.97 Å². The second-order valence-electron chi connectivity index (χ2n) is 3.78. The number of nitrogens with one attached hydrogen (secondary N) is 2. The van der Waals surface area contributed by atoms with Gasteiger partial charge in [-0.25, -0.2) is 4.79 Å². The van der Waals surface area contributed by atoms with Crippen molar-refractivity contribution >= 4 is 39.4 Å². The topological polar surface area (TPSA) is 95.5 Å². The van der Waals surface area contributed by atoms with Crippen LogP contribution in [0.1, 0.15) is 23.7 Å². The Morgan fingerprint density at radius 3 is 2.58 bits per heavy atom. The van der Waals surface area contributed by atoms with Crippen LogP contribution in [-0.2, 0) is 9.59 Å². The first-order chi connectivity index (χ1) is 8.90. The molecular weight excluding hydrogens is 316 g/mol. The van der Waals surface area contributed by atoms with Gasteiger partial charge in [0.1, 0.15) is 0 Å². The predicted octanol–water partition coefficient (Wildman–Crippen LogP) is 1.61. The van der Waals surface area contributed by atoms with Crippen molar-refractivity contribution in [3.05, 3.63) is 28.2 Å². The monoisotopic (exact) mass is 328 g/mol. The van der Waals surface area contributed by atoms with Crippen LogP contribution in [0.15, 0.2) is 22.7 Å². The summed E-state index contributed by atoms with van der Waals surface area (Å²) in [6.45, 7) is 1.56. The predicted molar refractivity (Wildman–Crippen MR) is 73.0 cm³/mol. The number of hydrogen-bond acceptors (Lipinski definition) is 3. The van der Waals surface area contributed by atoms with Crippen molar-refractivity contribution in [1.29, 1.82) is 0 Å². The molecule has 0 aliphatic rings. The SMILES string of the molecule is CC(=O)NCCC(=O)Nc1ccc(Br)cc1C(=O)O. The summed E-state index contributed by atoms with van der Waals surface area (Å²) in [6.07, 6.45) is 0.0781. The maximum absolute atomic E-state index is 11.6. The Bertz CT molecular complexity index is 516. The third-order valence-electron chi connectivity index (χ3n) is 2.21. The minimum atomic E-state index is -1.13. The number of amides is 2. The van der Waals surface area contributed by atoms with Crippen LogP contribution in [0.2, 0.25) is 0 Å². The summed E-state index contributed by atoms with van der Waals surface area (Å²) in [5, 5.41) is 14.0. The molecule has 0 saturated heterocycles. The molecule has 0 spiro atoms. The van der Waals surface area contributed by atoms with Crippen molar-refractivity contribution < 1.29 is 19.5 Å². The van der Waals surface area contributed by atoms with Crippen LogP contribution in [0.4, 0.5) is 5.69 Å². The Labute approximate surface area is 118 Å². The fraction of sp³-hybridized carbons (Fsp3) is 0.250. The van der Waals surface area contributed by atoms with E-state index in [9.17, 15) is 14.4 Å². The Kier molecular flexibility index (Phi) is 5.50. The van der Waals surface area contributed by atoms with Gasteiger partial charge in [0.05, 0.1) is 11.3 Å². The fourth-order valence-electron chi connectivity index (χ4n) is 1.37. The van der Waals surface area contributed by atoms with Gasteiger partial charge in [-0.3, -0.25) is 9.59 Å². The summed E-state index contributed by atoms with van der Waals surface area (Å²) < 4.78 is 0.612. The molecular formula is C12H13BrN2O4. The van der Waals surface area contributed by atoms with Gasteiger partial charge in [0.15, 0.2) is 0 Å². The third kappa shape index (κ3) is 5.09. The average Bonchev–Trinajstić information content (AvgIpc) is 2.30. The first kappa shape index (κ1) is 15.2. The van der Waals surface area contributed by atoms with E-state index in [0.29, 0.717) is 4.47 Å². The molecule has 0 aromatic heterocycles. The second-order valence-corrected chi connectivity index (χ2v) is 4.69. The molecule has 1 aromatic carbocycles. The summed E-state index contributed by atoms with van der Waals surface area (Å²) in [6, 6.07) is 4.55. The van der Waals surface area contributed by atoms with E-state index < -0.39 is 5.97 Å². The number of carboxylic acids is 1. The molecule has 7 heteroatoms. The zero-order chi connectivity index (χ0) is 14.4. The summed E-state index contributed by atoms with van der Waals surface area (Å²) >= 11 is 3.17. The molecule has 0 fully saturated rings. The number of aromatic carboxylic acids is 1. The van der Waals surface area contributed by atoms with Crippen molar-refractivity contribution in [2.24, 2.45) is 0 Å². The normalized spacial score (nSPS) is 9.79. The van der Waals surface area contributed by atoms with Gasteiger partial charge in [0, 0.05) is 24.4 Å². The number of halogens is 1. The van der Waals surface area contributed by atoms with E-state index in [4.69, 9.17) is 5.11 Å². The van der Waals surface area contributed by atoms with Gasteiger partial charge in [0.25, 0.3) is 0 Å². The highest BCUT2D eigenvalue weighted by Crippen LogP contribution is 2.21. The molecule has 0 bridgehead atoms. The largest absolute Gasteiger partial charge is 0.478 e. The molecule has 0 saturated carbocycles. The van der Waals surface area contributed by atoms with Crippen LogP contribution in [-0.4, -0.2) is 29.4 Å². The Morgan fingerprint density at radius 1 is 1.32 bits per heavy atom. The van der Waals surface area contributed by atoms with Crippen molar-refractivity contribution in [3.63, 3.8) is 0 Å². The lowest BCUT2D eigenvalue weighted by Gasteiger charge is -2.09. The van der Waals surface area contributed by atoms with E-state index >= 15 is 0 Å². The fourth-order valence-corrected chi connectivity index (χ4v) is 1.73. The van der Waals surface area contributed by atoms with Crippen LogP contribution in [0.3, 0.4) is 0 Å². The highest BCUT2D eigenvalue weighted by atomic mass is 79.9. The van der Waals surface area contributed by atoms with Gasteiger partial charge in [-0.05, 0) is 18.2 Å². The van der Waals surface area contributed by atoms with E-state index in [1.165, 1.54) is 19.1 Å². The van der Waals surface area contributed by atoms with Gasteiger partial charge in [0.2, 0.25) is 11.8 Å². The van der Waals surface area contributed by atoms with Crippen molar-refractivity contribution in [3.8, 4) is 0 Å². The quantitative estimate of drug-likeness (QED) is 0.765. The molecule has 0 radical (unpaired) electrons. The van der Waals surface area contributed by atoms with E-state index in [1.807, 2.05) is 0 Å². The lowest BCUT2D eigenvalue weighted by Crippen LogP contribution is -2.25. The standard InChI is InChI=1S/C12H13BrN2O4/c1-7(16)14-5-4-11(17)15-10-3-2-8(13)6-9(10)12(18)19/h2-3,6H,4-5H2,1H3,(H,14,16)(H,15,17)(H,18,19). The van der Waals surface area contributed by atoms with E-state index in [0.717, 1.165) is 0 Å². The maximum Gasteiger partial charge on any atom is 0.337 e. The van der Waals surface area contributed by atoms with Gasteiger partial charge in [-0.2, -0.15) is 0 Å². The molecule has 0 aliphatic heterocycles. The number of carboxylic acid groups (broad SMARTS) is 1. The van der Waals surface area contributed by atoms with Gasteiger partial charge in [-0.1, -0.05) is 15.9 Å². The molecule has 1 aromatic rings. The molecule has 3 N–H and O–H groups in total. The van der Waals surface area contributed by atoms with Crippen LogP contribution in [0.5, 0.6) is 0 Å². The van der Waals surface area contributed by atoms with E-state index in [2.05, 4.69) is 26.6 Å². The number of anilines is 1. The minimum Gasteiger partial charge on any atom is -0.478 e. The lowest BCUT2D eigenvalue weighted by atomic mass is 10.1. The van der Waals surface area contributed by atoms with Crippen LogP contribution in [0, 0.1) is 0 Å². The summed E-state index contributed by atoms with van der Waals surface area (Å²) in [7, 11) is 0. The lowest BCUT2D eigenvalue weighted by molar-refractivity contribution is -0.119. The first-order valence-corrected chi connectivity index (χ1v) is 6.26. The van der Waals surface area contributed by atoms with E-state index in [1.54, 1.807) is 6.07 Å². The van der Waals surface area contributed by atoms with E-state index in [-0.39, 0.29) is 36.0 Å². The van der Waals surface area contributed by atoms with Crippen molar-refractivity contribution in [2.45, 2.75) is 13.3 Å². The number of carbonyl (C=O) groups excluding carboxylic acids is 2. The molecule has 19 heavy (non-hydrogen) atoms. The summed E-state index contributed by atoms with van der Waals surface area (Å²) in [5.41, 5.74) is 0.228. The third-order valence-corrected chi connectivity index (χ3v) is 2.71. The number of benzene rings is 1. The molecule has 2 amide bonds. The molecule has 0 heterocycles. The molecule has 6 nitrogen and oxygen atoms in total. The van der Waals surface area contributed by atoms with Gasteiger partial charge < -0.3 is 15.7 Å².